The molecule has 14 heteroatoms. The number of rotatable bonds is 7. The zero-order valence-corrected chi connectivity index (χ0v) is 24.1. The number of fused-ring (bicyclic) bond motifs is 1. The molecule has 12 nitrogen and oxygen atoms in total. The number of carbonyl (C=O) groups is 1. The van der Waals surface area contributed by atoms with Gasteiger partial charge in [-0.05, 0) is 27.7 Å². The second-order valence-corrected chi connectivity index (χ2v) is 19.6. The smallest absolute Gasteiger partial charge is 0.335 e. The number of aromatic nitrogens is 2. The molecule has 3 rings (SSSR count). The summed E-state index contributed by atoms with van der Waals surface area (Å²) in [7, 11) is -6.07. The largest absolute Gasteiger partial charge is 0.414 e. The Bertz CT molecular complexity index is 1110. The van der Waals surface area contributed by atoms with Gasteiger partial charge in [0.1, 0.15) is 12.4 Å². The fraction of sp³-hybridized carbons (Fsp3) is 0.773. The summed E-state index contributed by atoms with van der Waals surface area (Å²) in [6.07, 6.45) is -1.58. The van der Waals surface area contributed by atoms with Crippen LogP contribution in [0.2, 0.25) is 22.2 Å². The van der Waals surface area contributed by atoms with Gasteiger partial charge in [-0.3, -0.25) is 14.3 Å². The Hall–Kier alpha value is -2.07. The lowest BCUT2D eigenvalue weighted by Gasteiger charge is -2.52. The van der Waals surface area contributed by atoms with Crippen molar-refractivity contribution in [1.29, 1.82) is 0 Å². The molecule has 0 amide bonds. The molecular weight excluding hydrogens is 502 g/mol. The number of H-pyrrole nitrogens is 1. The van der Waals surface area contributed by atoms with Gasteiger partial charge < -0.3 is 22.5 Å². The molecule has 1 aromatic heterocycles. The van der Waals surface area contributed by atoms with Crippen molar-refractivity contribution < 1.29 is 22.5 Å². The molecular formula is C22H37N5O7Si2. The van der Waals surface area contributed by atoms with E-state index in [1.54, 1.807) is 0 Å². The third kappa shape index (κ3) is 4.44. The predicted octanol–water partition coefficient (Wildman–Crippen LogP) is 3.64. The average Bonchev–Trinajstić information content (AvgIpc) is 3.05. The Balaban J connectivity index is 2.28. The van der Waals surface area contributed by atoms with E-state index in [0.717, 1.165) is 10.6 Å². The summed E-state index contributed by atoms with van der Waals surface area (Å²) in [5.41, 5.74) is 6.24. The number of aldehydes is 1. The second-order valence-electron chi connectivity index (χ2n) is 10.8. The molecule has 2 aliphatic rings. The maximum atomic E-state index is 12.8. The van der Waals surface area contributed by atoms with Gasteiger partial charge in [-0.1, -0.05) is 60.5 Å². The van der Waals surface area contributed by atoms with Crippen LogP contribution in [0.25, 0.3) is 10.4 Å². The van der Waals surface area contributed by atoms with Gasteiger partial charge in [0.25, 0.3) is 5.56 Å². The number of nitrogens with zero attached hydrogens (tertiary/aromatic N) is 4. The standard InChI is InChI=1S/C22H37N5O7Si2/c1-13(2)35(14(3)4)31-11-17-19(33-36(34-35,15(5)6)16(7)8)22(12-28,25-26-23)20(32-17)27-10-9-18(29)24-21(27)30/h9-10,12-17,19-20H,11H2,1-8H3,(H,24,29,30)/t17-,19?,20-,22-/m1/s1. The number of ether oxygens (including phenoxy) is 1. The molecule has 1 N–H and O–H groups in total. The van der Waals surface area contributed by atoms with Crippen molar-refractivity contribution in [2.24, 2.45) is 5.11 Å². The summed E-state index contributed by atoms with van der Waals surface area (Å²) in [5, 5.41) is 3.88. The molecule has 2 aliphatic heterocycles. The molecule has 2 saturated heterocycles. The van der Waals surface area contributed by atoms with Crippen molar-refractivity contribution in [2.75, 3.05) is 6.61 Å². The third-order valence-electron chi connectivity index (χ3n) is 7.33. The summed E-state index contributed by atoms with van der Waals surface area (Å²) in [5.74, 6) is 0. The van der Waals surface area contributed by atoms with E-state index < -0.39 is 52.3 Å². The Labute approximate surface area is 212 Å². The Kier molecular flexibility index (Phi) is 8.20. The van der Waals surface area contributed by atoms with Crippen LogP contribution in [0.3, 0.4) is 0 Å². The molecule has 0 saturated carbocycles. The van der Waals surface area contributed by atoms with Gasteiger partial charge in [-0.2, -0.15) is 0 Å². The van der Waals surface area contributed by atoms with E-state index in [1.807, 2.05) is 27.7 Å². The van der Waals surface area contributed by atoms with Crippen LogP contribution in [-0.4, -0.2) is 57.3 Å². The van der Waals surface area contributed by atoms with Crippen LogP contribution in [-0.2, 0) is 22.5 Å². The molecule has 4 atom stereocenters. The maximum Gasteiger partial charge on any atom is 0.335 e. The minimum absolute atomic E-state index is 0.0268. The van der Waals surface area contributed by atoms with Gasteiger partial charge in [-0.15, -0.1) is 0 Å². The van der Waals surface area contributed by atoms with Gasteiger partial charge in [-0.25, -0.2) is 4.79 Å². The average molecular weight is 540 g/mol. The first-order chi connectivity index (χ1) is 16.8. The molecule has 3 heterocycles. The number of hydrogen-bond donors (Lipinski definition) is 1. The van der Waals surface area contributed by atoms with Crippen LogP contribution < -0.4 is 11.2 Å². The molecule has 1 unspecified atom stereocenters. The van der Waals surface area contributed by atoms with Crippen molar-refractivity contribution in [3.05, 3.63) is 43.5 Å². The number of carbonyl (C=O) groups excluding carboxylic acids is 1. The third-order valence-corrected chi connectivity index (χ3v) is 17.6. The van der Waals surface area contributed by atoms with Gasteiger partial charge in [0.05, 0.1) is 12.7 Å². The van der Waals surface area contributed by atoms with Gasteiger partial charge in [0.15, 0.2) is 11.8 Å². The molecule has 0 radical (unpaired) electrons. The minimum atomic E-state index is -3.18. The molecule has 0 bridgehead atoms. The summed E-state index contributed by atoms with van der Waals surface area (Å²) >= 11 is 0. The highest BCUT2D eigenvalue weighted by molar-refractivity contribution is 6.84. The first kappa shape index (κ1) is 28.5. The topological polar surface area (TPSA) is 158 Å². The second kappa shape index (κ2) is 10.4. The van der Waals surface area contributed by atoms with Crippen LogP contribution in [0.5, 0.6) is 0 Å². The van der Waals surface area contributed by atoms with Crippen molar-refractivity contribution in [3.8, 4) is 0 Å². The van der Waals surface area contributed by atoms with Gasteiger partial charge >= 0.3 is 22.8 Å². The van der Waals surface area contributed by atoms with E-state index in [4.69, 9.17) is 17.7 Å². The minimum Gasteiger partial charge on any atom is -0.414 e. The van der Waals surface area contributed by atoms with E-state index in [0.29, 0.717) is 6.29 Å². The lowest BCUT2D eigenvalue weighted by atomic mass is 9.92. The Morgan fingerprint density at radius 2 is 1.69 bits per heavy atom. The van der Waals surface area contributed by atoms with E-state index >= 15 is 0 Å². The molecule has 0 spiro atoms. The van der Waals surface area contributed by atoms with Crippen molar-refractivity contribution in [1.82, 2.24) is 9.55 Å². The van der Waals surface area contributed by atoms with E-state index in [1.165, 1.54) is 6.20 Å². The van der Waals surface area contributed by atoms with E-state index in [-0.39, 0.29) is 28.8 Å². The summed E-state index contributed by atoms with van der Waals surface area (Å²) in [6.45, 7) is 16.5. The molecule has 2 fully saturated rings. The Morgan fingerprint density at radius 3 is 2.17 bits per heavy atom. The predicted molar refractivity (Wildman–Crippen MR) is 137 cm³/mol. The first-order valence-electron chi connectivity index (χ1n) is 12.3. The highest BCUT2D eigenvalue weighted by Crippen LogP contribution is 2.51. The monoisotopic (exact) mass is 539 g/mol. The summed E-state index contributed by atoms with van der Waals surface area (Å²) in [6, 6.07) is 1.13. The number of aromatic amines is 1. The van der Waals surface area contributed by atoms with Crippen molar-refractivity contribution in [2.45, 2.75) is 102 Å². The van der Waals surface area contributed by atoms with E-state index in [9.17, 15) is 19.9 Å². The normalized spacial score (nSPS) is 29.6. The summed E-state index contributed by atoms with van der Waals surface area (Å²) in [4.78, 5) is 42.2. The SMILES string of the molecule is CC(C)[Si]1(C(C)C)OC[C@H]2O[C@@H](n3ccc(=O)[nH]c3=O)[C@](C=O)(N=[N+]=[N-])C2O[Si](C(C)C)(C(C)C)O1. The van der Waals surface area contributed by atoms with Gasteiger partial charge in [0, 0.05) is 17.2 Å². The van der Waals surface area contributed by atoms with Crippen molar-refractivity contribution >= 4 is 23.4 Å². The lowest BCUT2D eigenvalue weighted by molar-refractivity contribution is -0.118. The highest BCUT2D eigenvalue weighted by Gasteiger charge is 2.66. The van der Waals surface area contributed by atoms with Crippen LogP contribution in [0.15, 0.2) is 27.0 Å². The van der Waals surface area contributed by atoms with Crippen LogP contribution in [0.4, 0.5) is 0 Å². The molecule has 36 heavy (non-hydrogen) atoms. The van der Waals surface area contributed by atoms with Crippen molar-refractivity contribution in [3.63, 3.8) is 0 Å². The van der Waals surface area contributed by atoms with Crippen LogP contribution >= 0.6 is 0 Å². The lowest BCUT2D eigenvalue weighted by Crippen LogP contribution is -2.67. The number of nitrogens with one attached hydrogen (secondary N) is 1. The molecule has 0 aromatic carbocycles. The highest BCUT2D eigenvalue weighted by atomic mass is 28.5. The fourth-order valence-corrected chi connectivity index (χ4v) is 16.7. The zero-order chi connectivity index (χ0) is 27.1. The van der Waals surface area contributed by atoms with E-state index in [2.05, 4.69) is 42.7 Å². The number of hydrogen-bond acceptors (Lipinski definition) is 8. The maximum absolute atomic E-state index is 12.8. The fourth-order valence-electron chi connectivity index (χ4n) is 5.44. The first-order valence-corrected chi connectivity index (χ1v) is 16.3. The molecule has 0 aliphatic carbocycles. The van der Waals surface area contributed by atoms with Gasteiger partial charge in [0.2, 0.25) is 0 Å². The Morgan fingerprint density at radius 1 is 1.11 bits per heavy atom. The molecule has 200 valence electrons. The number of azide groups is 1. The van der Waals surface area contributed by atoms with Crippen LogP contribution in [0.1, 0.15) is 61.6 Å². The molecule has 1 aromatic rings. The zero-order valence-electron chi connectivity index (χ0n) is 22.1. The van der Waals surface area contributed by atoms with Crippen LogP contribution in [0, 0.1) is 0 Å². The quantitative estimate of drug-likeness (QED) is 0.182. The summed E-state index contributed by atoms with van der Waals surface area (Å²) < 4.78 is 28.0.